The molecule has 3 aliphatic rings. The van der Waals surface area contributed by atoms with E-state index in [1.165, 1.54) is 0 Å². The fraction of sp³-hybridized carbons (Fsp3) is 0.0233. The number of hydrogen-bond donors (Lipinski definition) is 1. The van der Waals surface area contributed by atoms with Gasteiger partial charge in [-0.3, -0.25) is 34.1 Å². The number of nitrogens with one attached hydrogen (secondary N) is 1. The summed E-state index contributed by atoms with van der Waals surface area (Å²) in [6, 6.07) is 38.7. The highest BCUT2D eigenvalue weighted by molar-refractivity contribution is 6.37. The molecule has 0 saturated heterocycles. The zero-order chi connectivity index (χ0) is 35.0. The van der Waals surface area contributed by atoms with Gasteiger partial charge in [0.1, 0.15) is 0 Å². The van der Waals surface area contributed by atoms with Gasteiger partial charge in [0.2, 0.25) is 0 Å². The molecule has 0 saturated carbocycles. The standard InChI is InChI=1S/C30H16N2O4.C12H7NO2.CH4/c33-27-21-9-1-5-17-6-2-10-22(25(17)21)28(34)31(27)19-13-15-20(16-14-19)32-29(35)23-11-3-7-18-8-4-12-24(26(18)23)30(32)36;14-11-8-5-1-3-7-4-2-6-9(10(7)8)12(15)13-11;/h1-16H;1-6H,(H,13,14,15);1H4. The Labute approximate surface area is 296 Å². The van der Waals surface area contributed by atoms with E-state index in [-0.39, 0.29) is 19.2 Å². The molecule has 3 heterocycles. The lowest BCUT2D eigenvalue weighted by molar-refractivity contribution is 0.0837. The van der Waals surface area contributed by atoms with E-state index in [0.29, 0.717) is 55.5 Å². The molecule has 6 amide bonds. The van der Waals surface area contributed by atoms with Crippen LogP contribution in [0.2, 0.25) is 0 Å². The van der Waals surface area contributed by atoms with E-state index in [1.807, 2.05) is 48.5 Å². The molecular formula is C43H27N3O6. The van der Waals surface area contributed by atoms with E-state index in [4.69, 9.17) is 0 Å². The van der Waals surface area contributed by atoms with Crippen LogP contribution in [0.3, 0.4) is 0 Å². The van der Waals surface area contributed by atoms with Crippen molar-refractivity contribution in [2.45, 2.75) is 7.43 Å². The van der Waals surface area contributed by atoms with Gasteiger partial charge in [-0.2, -0.15) is 0 Å². The smallest absolute Gasteiger partial charge is 0.265 e. The molecule has 0 radical (unpaired) electrons. The highest BCUT2D eigenvalue weighted by Crippen LogP contribution is 2.36. The maximum absolute atomic E-state index is 13.3. The molecule has 0 unspecified atom stereocenters. The third kappa shape index (κ3) is 4.64. The predicted octanol–water partition coefficient (Wildman–Crippen LogP) is 7.95. The van der Waals surface area contributed by atoms with Crippen LogP contribution in [-0.4, -0.2) is 35.4 Å². The van der Waals surface area contributed by atoms with Crippen LogP contribution >= 0.6 is 0 Å². The largest absolute Gasteiger partial charge is 0.288 e. The van der Waals surface area contributed by atoms with Crippen LogP contribution in [0.4, 0.5) is 11.4 Å². The summed E-state index contributed by atoms with van der Waals surface area (Å²) in [4.78, 5) is 78.7. The van der Waals surface area contributed by atoms with Crippen LogP contribution in [0, 0.1) is 0 Å². The molecule has 0 aromatic heterocycles. The monoisotopic (exact) mass is 681 g/mol. The third-order valence-corrected chi connectivity index (χ3v) is 9.53. The van der Waals surface area contributed by atoms with Crippen molar-refractivity contribution in [3.05, 3.63) is 167 Å². The highest BCUT2D eigenvalue weighted by atomic mass is 16.2. The van der Waals surface area contributed by atoms with Crippen LogP contribution in [0.25, 0.3) is 32.3 Å². The Morgan fingerprint density at radius 2 is 0.577 bits per heavy atom. The summed E-state index contributed by atoms with van der Waals surface area (Å²) in [6.07, 6.45) is 0. The van der Waals surface area contributed by atoms with Gasteiger partial charge in [-0.05, 0) is 76.8 Å². The summed E-state index contributed by atoms with van der Waals surface area (Å²) in [5.74, 6) is -2.29. The van der Waals surface area contributed by atoms with Gasteiger partial charge in [0.05, 0.1) is 11.4 Å². The van der Waals surface area contributed by atoms with Gasteiger partial charge >= 0.3 is 0 Å². The number of rotatable bonds is 2. The van der Waals surface area contributed by atoms with E-state index in [2.05, 4.69) is 5.32 Å². The molecule has 0 atom stereocenters. The van der Waals surface area contributed by atoms with Gasteiger partial charge in [0, 0.05) is 49.5 Å². The lowest BCUT2D eigenvalue weighted by Crippen LogP contribution is -2.41. The van der Waals surface area contributed by atoms with Crippen molar-refractivity contribution in [3.8, 4) is 0 Å². The first-order valence-electron chi connectivity index (χ1n) is 16.1. The number of hydrogen-bond acceptors (Lipinski definition) is 6. The van der Waals surface area contributed by atoms with Crippen molar-refractivity contribution in [3.63, 3.8) is 0 Å². The van der Waals surface area contributed by atoms with Gasteiger partial charge in [-0.15, -0.1) is 0 Å². The summed E-state index contributed by atoms with van der Waals surface area (Å²) >= 11 is 0. The second-order valence-corrected chi connectivity index (χ2v) is 12.3. The Bertz CT molecular complexity index is 2470. The summed E-state index contributed by atoms with van der Waals surface area (Å²) in [6.45, 7) is 0. The van der Waals surface area contributed by atoms with E-state index in [9.17, 15) is 28.8 Å². The molecule has 0 fully saturated rings. The minimum atomic E-state index is -0.414. The minimum absolute atomic E-state index is 0. The topological polar surface area (TPSA) is 121 Å². The fourth-order valence-electron chi connectivity index (χ4n) is 7.24. The van der Waals surface area contributed by atoms with Gasteiger partial charge in [-0.1, -0.05) is 80.2 Å². The molecule has 52 heavy (non-hydrogen) atoms. The molecule has 3 aliphatic heterocycles. The van der Waals surface area contributed by atoms with E-state index >= 15 is 0 Å². The van der Waals surface area contributed by atoms with Crippen molar-refractivity contribution in [1.29, 1.82) is 0 Å². The Kier molecular flexibility index (Phi) is 7.35. The normalized spacial score (nSPS) is 14.3. The summed E-state index contributed by atoms with van der Waals surface area (Å²) in [7, 11) is 0. The summed E-state index contributed by atoms with van der Waals surface area (Å²) in [5.41, 5.74) is 3.69. The number of imide groups is 3. The van der Waals surface area contributed by atoms with Crippen LogP contribution in [0.15, 0.2) is 133 Å². The average Bonchev–Trinajstić information content (AvgIpc) is 3.16. The number of carbonyl (C=O) groups excluding carboxylic acids is 6. The highest BCUT2D eigenvalue weighted by Gasteiger charge is 2.36. The minimum Gasteiger partial charge on any atom is -0.288 e. The molecule has 1 N–H and O–H groups in total. The first-order valence-corrected chi connectivity index (χ1v) is 16.1. The lowest BCUT2D eigenvalue weighted by Gasteiger charge is -2.29. The van der Waals surface area contributed by atoms with E-state index in [0.717, 1.165) is 31.3 Å². The number of amides is 6. The maximum Gasteiger partial charge on any atom is 0.265 e. The third-order valence-electron chi connectivity index (χ3n) is 9.53. The zero-order valence-electron chi connectivity index (χ0n) is 26.5. The molecule has 250 valence electrons. The number of carbonyl (C=O) groups is 6. The van der Waals surface area contributed by atoms with Crippen molar-refractivity contribution in [1.82, 2.24) is 5.32 Å². The molecule has 0 aliphatic carbocycles. The van der Waals surface area contributed by atoms with Crippen LogP contribution in [0.5, 0.6) is 0 Å². The first kappa shape index (κ1) is 32.0. The molecular weight excluding hydrogens is 654 g/mol. The van der Waals surface area contributed by atoms with Gasteiger partial charge in [0.25, 0.3) is 35.4 Å². The van der Waals surface area contributed by atoms with Gasteiger partial charge < -0.3 is 0 Å². The van der Waals surface area contributed by atoms with Crippen LogP contribution in [-0.2, 0) is 0 Å². The second kappa shape index (κ2) is 12.0. The quantitative estimate of drug-likeness (QED) is 0.185. The van der Waals surface area contributed by atoms with Gasteiger partial charge in [-0.25, -0.2) is 9.80 Å². The fourth-order valence-corrected chi connectivity index (χ4v) is 7.24. The Morgan fingerprint density at radius 3 is 0.865 bits per heavy atom. The number of nitrogens with zero attached hydrogens (tertiary/aromatic N) is 2. The molecule has 9 heteroatoms. The van der Waals surface area contributed by atoms with E-state index < -0.39 is 23.6 Å². The maximum atomic E-state index is 13.3. The summed E-state index contributed by atoms with van der Waals surface area (Å²) in [5, 5.41) is 6.97. The number of benzene rings is 7. The second-order valence-electron chi connectivity index (χ2n) is 12.3. The molecule has 7 aromatic carbocycles. The molecule has 0 spiro atoms. The Hall–Kier alpha value is -7.26. The lowest BCUT2D eigenvalue weighted by atomic mass is 9.93. The number of anilines is 2. The van der Waals surface area contributed by atoms with Crippen molar-refractivity contribution < 1.29 is 28.8 Å². The zero-order valence-corrected chi connectivity index (χ0v) is 26.5. The first-order chi connectivity index (χ1) is 24.8. The molecule has 9 nitrogen and oxygen atoms in total. The Morgan fingerprint density at radius 1 is 0.327 bits per heavy atom. The van der Waals surface area contributed by atoms with Crippen molar-refractivity contribution in [2.75, 3.05) is 9.80 Å². The average molecular weight is 682 g/mol. The molecule has 10 rings (SSSR count). The van der Waals surface area contributed by atoms with Crippen LogP contribution in [0.1, 0.15) is 69.6 Å². The van der Waals surface area contributed by atoms with Crippen molar-refractivity contribution in [2.24, 2.45) is 0 Å². The van der Waals surface area contributed by atoms with E-state index in [1.54, 1.807) is 84.9 Å². The summed E-state index contributed by atoms with van der Waals surface area (Å²) < 4.78 is 0. The molecule has 0 bridgehead atoms. The van der Waals surface area contributed by atoms with Crippen LogP contribution < -0.4 is 15.1 Å². The Balaban J connectivity index is 0.000000202. The predicted molar refractivity (Wildman–Crippen MR) is 199 cm³/mol. The SMILES string of the molecule is C.O=C1NC(=O)c2cccc3cccc1c23.O=C1c2cccc3cccc(c23)C(=O)N1c1ccc(N2C(=O)c3cccc4cccc(c34)C2=O)cc1. The van der Waals surface area contributed by atoms with Gasteiger partial charge in [0.15, 0.2) is 0 Å². The van der Waals surface area contributed by atoms with Crippen molar-refractivity contribution >= 4 is 79.1 Å². The molecule has 7 aromatic rings.